The predicted molar refractivity (Wildman–Crippen MR) is 130 cm³/mol. The molecular formula is C25H23FN6O2. The predicted octanol–water partition coefficient (Wildman–Crippen LogP) is 4.35. The highest BCUT2D eigenvalue weighted by Crippen LogP contribution is 2.36. The van der Waals surface area contributed by atoms with Crippen molar-refractivity contribution in [2.24, 2.45) is 5.73 Å². The number of pyridine rings is 2. The van der Waals surface area contributed by atoms with Crippen LogP contribution in [-0.2, 0) is 11.2 Å². The molecule has 0 atom stereocenters. The number of carbonyl (C=O) groups excluding carboxylic acids is 2. The van der Waals surface area contributed by atoms with Crippen molar-refractivity contribution in [1.29, 1.82) is 0 Å². The Balaban J connectivity index is 1.86. The van der Waals surface area contributed by atoms with Crippen LogP contribution < -0.4 is 21.7 Å². The zero-order valence-electron chi connectivity index (χ0n) is 18.4. The lowest BCUT2D eigenvalue weighted by Gasteiger charge is -2.15. The maximum absolute atomic E-state index is 15.8. The van der Waals surface area contributed by atoms with Gasteiger partial charge in [0, 0.05) is 41.0 Å². The van der Waals surface area contributed by atoms with Crippen LogP contribution in [0.2, 0.25) is 0 Å². The lowest BCUT2D eigenvalue weighted by Crippen LogP contribution is -2.28. The van der Waals surface area contributed by atoms with Crippen LogP contribution in [0.3, 0.4) is 0 Å². The van der Waals surface area contributed by atoms with Crippen LogP contribution in [0.5, 0.6) is 0 Å². The second kappa shape index (κ2) is 9.95. The molecule has 5 N–H and O–H groups in total. The molecule has 0 spiro atoms. The molecule has 2 heterocycles. The molecule has 0 aliphatic rings. The first kappa shape index (κ1) is 22.7. The highest BCUT2D eigenvalue weighted by atomic mass is 19.1. The van der Waals surface area contributed by atoms with Gasteiger partial charge in [-0.1, -0.05) is 24.3 Å². The van der Waals surface area contributed by atoms with Crippen molar-refractivity contribution in [3.05, 3.63) is 78.5 Å². The third-order valence-electron chi connectivity index (χ3n) is 5.09. The minimum atomic E-state index is -0.482. The summed E-state index contributed by atoms with van der Waals surface area (Å²) in [6.45, 7) is 2.24. The largest absolute Gasteiger partial charge is 0.369 e. The molecule has 8 nitrogen and oxygen atoms in total. The summed E-state index contributed by atoms with van der Waals surface area (Å²) < 4.78 is 15.8. The molecule has 172 valence electrons. The van der Waals surface area contributed by atoms with Crippen molar-refractivity contribution >= 4 is 39.9 Å². The van der Waals surface area contributed by atoms with Crippen LogP contribution in [0.25, 0.3) is 21.9 Å². The Morgan fingerprint density at radius 2 is 1.91 bits per heavy atom. The SMILES string of the molecule is CCNC(=O)Nc1cc2c(F)c(-c3cccc(CC(N)=O)c3)cc(Nc3cccnc3)c2cn1. The van der Waals surface area contributed by atoms with E-state index in [4.69, 9.17) is 5.73 Å². The number of aromatic nitrogens is 2. The van der Waals surface area contributed by atoms with E-state index in [2.05, 4.69) is 25.9 Å². The Labute approximate surface area is 195 Å². The van der Waals surface area contributed by atoms with E-state index in [-0.39, 0.29) is 17.6 Å². The Kier molecular flexibility index (Phi) is 6.63. The Hall–Kier alpha value is -4.53. The van der Waals surface area contributed by atoms with E-state index in [9.17, 15) is 9.59 Å². The zero-order chi connectivity index (χ0) is 24.1. The highest BCUT2D eigenvalue weighted by molar-refractivity contribution is 6.01. The molecule has 0 fully saturated rings. The van der Waals surface area contributed by atoms with E-state index in [1.165, 1.54) is 12.3 Å². The number of nitrogens with zero attached hydrogens (tertiary/aromatic N) is 2. The van der Waals surface area contributed by atoms with E-state index in [0.29, 0.717) is 40.0 Å². The molecule has 34 heavy (non-hydrogen) atoms. The Morgan fingerprint density at radius 3 is 2.65 bits per heavy atom. The van der Waals surface area contributed by atoms with Gasteiger partial charge in [0.25, 0.3) is 0 Å². The fourth-order valence-corrected chi connectivity index (χ4v) is 3.63. The van der Waals surface area contributed by atoms with E-state index >= 15 is 4.39 Å². The first-order valence-corrected chi connectivity index (χ1v) is 10.7. The molecule has 9 heteroatoms. The summed E-state index contributed by atoms with van der Waals surface area (Å²) in [6.07, 6.45) is 4.87. The molecule has 0 aliphatic heterocycles. The fourth-order valence-electron chi connectivity index (χ4n) is 3.63. The standard InChI is InChI=1S/C25H23FN6O2/c1-2-29-25(34)32-23-12-19-20(14-30-23)21(31-17-7-4-8-28-13-17)11-18(24(19)26)16-6-3-5-15(9-16)10-22(27)33/h3-9,11-14,31H,2,10H2,1H3,(H2,27,33)(H2,29,30,32,34). The molecule has 0 saturated carbocycles. The maximum atomic E-state index is 15.8. The number of rotatable bonds is 7. The molecule has 0 unspecified atom stereocenters. The number of fused-ring (bicyclic) bond motifs is 1. The number of primary amides is 1. The van der Waals surface area contributed by atoms with Gasteiger partial charge in [0.15, 0.2) is 0 Å². The Bertz CT molecular complexity index is 1360. The molecule has 3 amide bonds. The fraction of sp³-hybridized carbons (Fsp3) is 0.120. The summed E-state index contributed by atoms with van der Waals surface area (Å²) >= 11 is 0. The van der Waals surface area contributed by atoms with Crippen molar-refractivity contribution in [2.75, 3.05) is 17.2 Å². The van der Waals surface area contributed by atoms with Crippen molar-refractivity contribution in [2.45, 2.75) is 13.3 Å². The number of benzene rings is 2. The number of nitrogens with one attached hydrogen (secondary N) is 3. The quantitative estimate of drug-likeness (QED) is 0.328. The average Bonchev–Trinajstić information content (AvgIpc) is 2.81. The summed E-state index contributed by atoms with van der Waals surface area (Å²) in [5, 5.41) is 9.30. The van der Waals surface area contributed by atoms with Crippen molar-refractivity contribution < 1.29 is 14.0 Å². The second-order valence-electron chi connectivity index (χ2n) is 7.60. The lowest BCUT2D eigenvalue weighted by atomic mass is 9.97. The molecule has 4 aromatic rings. The van der Waals surface area contributed by atoms with Crippen LogP contribution >= 0.6 is 0 Å². The molecular weight excluding hydrogens is 435 g/mol. The minimum absolute atomic E-state index is 0.0500. The second-order valence-corrected chi connectivity index (χ2v) is 7.60. The molecule has 0 radical (unpaired) electrons. The zero-order valence-corrected chi connectivity index (χ0v) is 18.4. The van der Waals surface area contributed by atoms with Crippen molar-refractivity contribution in [1.82, 2.24) is 15.3 Å². The summed E-state index contributed by atoms with van der Waals surface area (Å²) in [4.78, 5) is 31.7. The maximum Gasteiger partial charge on any atom is 0.320 e. The molecule has 2 aromatic carbocycles. The Morgan fingerprint density at radius 1 is 1.06 bits per heavy atom. The molecule has 0 aliphatic carbocycles. The van der Waals surface area contributed by atoms with Gasteiger partial charge >= 0.3 is 6.03 Å². The lowest BCUT2D eigenvalue weighted by molar-refractivity contribution is -0.117. The number of hydrogen-bond acceptors (Lipinski definition) is 5. The normalized spacial score (nSPS) is 10.6. The van der Waals surface area contributed by atoms with Crippen LogP contribution in [-0.4, -0.2) is 28.5 Å². The number of urea groups is 1. The van der Waals surface area contributed by atoms with Crippen LogP contribution in [0, 0.1) is 5.82 Å². The van der Waals surface area contributed by atoms with Gasteiger partial charge in [-0.05, 0) is 42.3 Å². The number of amides is 3. The first-order chi connectivity index (χ1) is 16.4. The third kappa shape index (κ3) is 5.09. The van der Waals surface area contributed by atoms with Crippen LogP contribution in [0.15, 0.2) is 67.1 Å². The first-order valence-electron chi connectivity index (χ1n) is 10.7. The van der Waals surface area contributed by atoms with Gasteiger partial charge in [0.1, 0.15) is 11.6 Å². The van der Waals surface area contributed by atoms with Crippen molar-refractivity contribution in [3.63, 3.8) is 0 Å². The van der Waals surface area contributed by atoms with E-state index in [1.54, 1.807) is 55.7 Å². The smallest absolute Gasteiger partial charge is 0.320 e. The van der Waals surface area contributed by atoms with Crippen LogP contribution in [0.1, 0.15) is 12.5 Å². The van der Waals surface area contributed by atoms with Crippen molar-refractivity contribution in [3.8, 4) is 11.1 Å². The average molecular weight is 458 g/mol. The van der Waals surface area contributed by atoms with Crippen LogP contribution in [0.4, 0.5) is 26.4 Å². The molecule has 4 rings (SSSR count). The van der Waals surface area contributed by atoms with Gasteiger partial charge in [0.2, 0.25) is 5.91 Å². The van der Waals surface area contributed by atoms with E-state index in [0.717, 1.165) is 0 Å². The topological polar surface area (TPSA) is 122 Å². The van der Waals surface area contributed by atoms with Gasteiger partial charge in [-0.2, -0.15) is 0 Å². The van der Waals surface area contributed by atoms with Gasteiger partial charge < -0.3 is 16.4 Å². The number of nitrogens with two attached hydrogens (primary N) is 1. The molecule has 2 aromatic heterocycles. The number of halogens is 1. The summed E-state index contributed by atoms with van der Waals surface area (Å²) in [6, 6.07) is 13.4. The van der Waals surface area contributed by atoms with Gasteiger partial charge in [-0.25, -0.2) is 14.2 Å². The summed E-state index contributed by atoms with van der Waals surface area (Å²) in [5.41, 5.74) is 8.24. The number of hydrogen-bond donors (Lipinski definition) is 4. The van der Waals surface area contributed by atoms with Gasteiger partial charge in [0.05, 0.1) is 18.3 Å². The third-order valence-corrected chi connectivity index (χ3v) is 5.09. The minimum Gasteiger partial charge on any atom is -0.369 e. The van der Waals surface area contributed by atoms with Gasteiger partial charge in [-0.3, -0.25) is 15.1 Å². The number of carbonyl (C=O) groups is 2. The summed E-state index contributed by atoms with van der Waals surface area (Å²) in [7, 11) is 0. The molecule has 0 bridgehead atoms. The monoisotopic (exact) mass is 458 g/mol. The highest BCUT2D eigenvalue weighted by Gasteiger charge is 2.16. The molecule has 0 saturated heterocycles. The summed E-state index contributed by atoms with van der Waals surface area (Å²) in [5.74, 6) is -0.740. The van der Waals surface area contributed by atoms with Gasteiger partial charge in [-0.15, -0.1) is 0 Å². The van der Waals surface area contributed by atoms with E-state index < -0.39 is 17.8 Å². The number of anilines is 3. The van der Waals surface area contributed by atoms with E-state index in [1.807, 2.05) is 6.07 Å².